The highest BCUT2D eigenvalue weighted by Gasteiger charge is 2.33. The number of hydrogen-bond acceptors (Lipinski definition) is 4. The maximum Gasteiger partial charge on any atom is 0.305 e. The van der Waals surface area contributed by atoms with E-state index in [2.05, 4.69) is 10.3 Å². The van der Waals surface area contributed by atoms with Crippen molar-refractivity contribution in [1.82, 2.24) is 10.3 Å². The molecule has 1 aliphatic carbocycles. The number of aromatic nitrogens is 1. The maximum absolute atomic E-state index is 11.7. The van der Waals surface area contributed by atoms with Gasteiger partial charge in [-0.3, -0.25) is 9.59 Å². The molecular weight excluding hydrogens is 264 g/mol. The first kappa shape index (κ1) is 13.7. The lowest BCUT2D eigenvalue weighted by atomic mass is 10.1. The van der Waals surface area contributed by atoms with Gasteiger partial charge in [0.25, 0.3) is 0 Å². The van der Waals surface area contributed by atoms with Crippen molar-refractivity contribution in [1.29, 1.82) is 0 Å². The third kappa shape index (κ3) is 4.48. The number of aliphatic carboxylic acids is 1. The van der Waals surface area contributed by atoms with Gasteiger partial charge in [0, 0.05) is 17.5 Å². The Labute approximate surface area is 115 Å². The molecule has 0 bridgehead atoms. The molecule has 1 saturated carbocycles. The molecular formula is C13H16N2O3S. The topological polar surface area (TPSA) is 79.3 Å². The van der Waals surface area contributed by atoms with Crippen LogP contribution in [0.1, 0.15) is 30.0 Å². The van der Waals surface area contributed by atoms with Crippen LogP contribution in [-0.2, 0) is 9.59 Å². The fourth-order valence-corrected chi connectivity index (χ4v) is 2.45. The molecule has 6 heteroatoms. The van der Waals surface area contributed by atoms with E-state index >= 15 is 0 Å². The summed E-state index contributed by atoms with van der Waals surface area (Å²) in [6, 6.07) is -0.258. The van der Waals surface area contributed by atoms with Gasteiger partial charge in [0.2, 0.25) is 5.91 Å². The minimum atomic E-state index is -0.878. The second-order valence-electron chi connectivity index (χ2n) is 4.68. The molecule has 102 valence electrons. The molecule has 1 aromatic rings. The fraction of sp³-hybridized carbons (Fsp3) is 0.462. The van der Waals surface area contributed by atoms with E-state index in [0.717, 1.165) is 23.5 Å². The first-order valence-corrected chi connectivity index (χ1v) is 7.05. The van der Waals surface area contributed by atoms with Crippen LogP contribution >= 0.6 is 11.3 Å². The number of nitrogens with zero attached hydrogens (tertiary/aromatic N) is 1. The molecule has 0 saturated heterocycles. The molecule has 1 unspecified atom stereocenters. The standard InChI is InChI=1S/C13H16N2O3S/c1-8-14-10(7-19-8)4-5-12(16)15-11(6-13(17)18)9-2-3-9/h4-5,7,9,11H,2-3,6H2,1H3,(H,15,16)(H,17,18)/b5-4+. The minimum Gasteiger partial charge on any atom is -0.481 e. The molecule has 2 N–H and O–H groups in total. The van der Waals surface area contributed by atoms with Gasteiger partial charge in [-0.2, -0.15) is 0 Å². The number of thiazole rings is 1. The first-order valence-electron chi connectivity index (χ1n) is 6.17. The summed E-state index contributed by atoms with van der Waals surface area (Å²) in [6.45, 7) is 1.90. The lowest BCUT2D eigenvalue weighted by Crippen LogP contribution is -2.37. The van der Waals surface area contributed by atoms with E-state index in [9.17, 15) is 9.59 Å². The molecule has 1 fully saturated rings. The van der Waals surface area contributed by atoms with Crippen LogP contribution < -0.4 is 5.32 Å². The van der Waals surface area contributed by atoms with Crippen molar-refractivity contribution in [3.05, 3.63) is 22.2 Å². The minimum absolute atomic E-state index is 0.0138. The monoisotopic (exact) mass is 280 g/mol. The van der Waals surface area contributed by atoms with Gasteiger partial charge in [-0.1, -0.05) is 0 Å². The molecule has 5 nitrogen and oxygen atoms in total. The summed E-state index contributed by atoms with van der Waals surface area (Å²) >= 11 is 1.52. The molecule has 0 aromatic carbocycles. The Bertz CT molecular complexity index is 506. The third-order valence-corrected chi connectivity index (χ3v) is 3.75. The van der Waals surface area contributed by atoms with Crippen LogP contribution in [0, 0.1) is 12.8 Å². The second kappa shape index (κ2) is 5.97. The Morgan fingerprint density at radius 1 is 1.63 bits per heavy atom. The summed E-state index contributed by atoms with van der Waals surface area (Å²) in [6.07, 6.45) is 5.02. The van der Waals surface area contributed by atoms with Crippen molar-refractivity contribution >= 4 is 29.3 Å². The molecule has 1 amide bonds. The normalized spacial score (nSPS) is 16.5. The zero-order valence-corrected chi connectivity index (χ0v) is 11.4. The first-order chi connectivity index (χ1) is 9.04. The largest absolute Gasteiger partial charge is 0.481 e. The van der Waals surface area contributed by atoms with Crippen molar-refractivity contribution in [3.8, 4) is 0 Å². The lowest BCUT2D eigenvalue weighted by Gasteiger charge is -2.14. The van der Waals surface area contributed by atoms with Crippen molar-refractivity contribution in [2.45, 2.75) is 32.2 Å². The van der Waals surface area contributed by atoms with Crippen LogP contribution in [0.5, 0.6) is 0 Å². The number of carbonyl (C=O) groups excluding carboxylic acids is 1. The number of carboxylic acid groups (broad SMARTS) is 1. The Kier molecular flexibility index (Phi) is 4.31. The zero-order valence-electron chi connectivity index (χ0n) is 10.6. The van der Waals surface area contributed by atoms with Gasteiger partial charge in [-0.25, -0.2) is 4.98 Å². The average molecular weight is 280 g/mol. The summed E-state index contributed by atoms with van der Waals surface area (Å²) in [5, 5.41) is 14.4. The number of aryl methyl sites for hydroxylation is 1. The summed E-state index contributed by atoms with van der Waals surface area (Å²) < 4.78 is 0. The summed E-state index contributed by atoms with van der Waals surface area (Å²) in [7, 11) is 0. The van der Waals surface area contributed by atoms with Crippen LogP contribution in [0.2, 0.25) is 0 Å². The van der Waals surface area contributed by atoms with Crippen LogP contribution in [0.25, 0.3) is 6.08 Å². The van der Waals surface area contributed by atoms with Gasteiger partial charge < -0.3 is 10.4 Å². The summed E-state index contributed by atoms with van der Waals surface area (Å²) in [5.74, 6) is -0.824. The molecule has 1 heterocycles. The smallest absolute Gasteiger partial charge is 0.305 e. The van der Waals surface area contributed by atoms with Crippen LogP contribution in [-0.4, -0.2) is 28.0 Å². The van der Waals surface area contributed by atoms with Crippen molar-refractivity contribution in [2.24, 2.45) is 5.92 Å². The Hall–Kier alpha value is -1.69. The summed E-state index contributed by atoms with van der Waals surface area (Å²) in [4.78, 5) is 26.7. The molecule has 0 radical (unpaired) electrons. The molecule has 1 aliphatic rings. The highest BCUT2D eigenvalue weighted by atomic mass is 32.1. The highest BCUT2D eigenvalue weighted by Crippen LogP contribution is 2.34. The Morgan fingerprint density at radius 3 is 2.89 bits per heavy atom. The predicted molar refractivity (Wildman–Crippen MR) is 72.8 cm³/mol. The molecule has 19 heavy (non-hydrogen) atoms. The van der Waals surface area contributed by atoms with Gasteiger partial charge in [-0.05, 0) is 31.8 Å². The maximum atomic E-state index is 11.7. The van der Waals surface area contributed by atoms with Crippen LogP contribution in [0.3, 0.4) is 0 Å². The highest BCUT2D eigenvalue weighted by molar-refractivity contribution is 7.09. The number of nitrogens with one attached hydrogen (secondary N) is 1. The van der Waals surface area contributed by atoms with E-state index in [1.54, 1.807) is 6.08 Å². The number of hydrogen-bond donors (Lipinski definition) is 2. The summed E-state index contributed by atoms with van der Waals surface area (Å²) in [5.41, 5.74) is 0.749. The van der Waals surface area contributed by atoms with E-state index in [4.69, 9.17) is 5.11 Å². The van der Waals surface area contributed by atoms with Gasteiger partial charge >= 0.3 is 5.97 Å². The Balaban J connectivity index is 1.88. The second-order valence-corrected chi connectivity index (χ2v) is 5.74. The van der Waals surface area contributed by atoms with E-state index < -0.39 is 5.97 Å². The molecule has 0 spiro atoms. The van der Waals surface area contributed by atoms with Crippen LogP contribution in [0.15, 0.2) is 11.5 Å². The van der Waals surface area contributed by atoms with E-state index in [1.807, 2.05) is 12.3 Å². The number of rotatable bonds is 6. The molecule has 0 aliphatic heterocycles. The quantitative estimate of drug-likeness (QED) is 0.779. The molecule has 1 aromatic heterocycles. The van der Waals surface area contributed by atoms with Gasteiger partial charge in [-0.15, -0.1) is 11.3 Å². The van der Waals surface area contributed by atoms with E-state index in [1.165, 1.54) is 17.4 Å². The number of amides is 1. The van der Waals surface area contributed by atoms with E-state index in [-0.39, 0.29) is 18.4 Å². The van der Waals surface area contributed by atoms with Crippen molar-refractivity contribution in [3.63, 3.8) is 0 Å². The Morgan fingerprint density at radius 2 is 2.37 bits per heavy atom. The molecule has 1 atom stereocenters. The number of carboxylic acids is 1. The lowest BCUT2D eigenvalue weighted by molar-refractivity contribution is -0.137. The molecule has 2 rings (SSSR count). The SMILES string of the molecule is Cc1nc(/C=C/C(=O)NC(CC(=O)O)C2CC2)cs1. The third-order valence-electron chi connectivity index (χ3n) is 2.96. The fourth-order valence-electron chi connectivity index (χ4n) is 1.87. The van der Waals surface area contributed by atoms with Crippen molar-refractivity contribution < 1.29 is 14.7 Å². The van der Waals surface area contributed by atoms with Crippen LogP contribution in [0.4, 0.5) is 0 Å². The predicted octanol–water partition coefficient (Wildman–Crippen LogP) is 1.83. The zero-order chi connectivity index (χ0) is 13.8. The van der Waals surface area contributed by atoms with Crippen molar-refractivity contribution in [2.75, 3.05) is 0 Å². The van der Waals surface area contributed by atoms with Gasteiger partial charge in [0.1, 0.15) is 0 Å². The average Bonchev–Trinajstić information content (AvgIpc) is 3.09. The van der Waals surface area contributed by atoms with Gasteiger partial charge in [0.15, 0.2) is 0 Å². The number of carbonyl (C=O) groups is 2. The van der Waals surface area contributed by atoms with Gasteiger partial charge in [0.05, 0.1) is 17.1 Å². The van der Waals surface area contributed by atoms with E-state index in [0.29, 0.717) is 5.92 Å².